The first-order valence-electron chi connectivity index (χ1n) is 6.74. The highest BCUT2D eigenvalue weighted by Gasteiger charge is 2.35. The topological polar surface area (TPSA) is 38.3 Å². The minimum atomic E-state index is 0.00972. The van der Waals surface area contributed by atoms with Gasteiger partial charge in [-0.15, -0.1) is 0 Å². The summed E-state index contributed by atoms with van der Waals surface area (Å²) in [5.41, 5.74) is 0. The van der Waals surface area contributed by atoms with Crippen LogP contribution < -0.4 is 5.32 Å². The molecule has 0 aliphatic heterocycles. The first-order chi connectivity index (χ1) is 7.81. The standard InChI is InChI=1S/C13H23NO2/c1-2-16-13(15)11-8-5-9-12(11)14-10-6-3-4-7-10/h10-12,14H,2-9H2,1H3/t11-,12+/m1/s1. The number of ether oxygens (including phenoxy) is 1. The van der Waals surface area contributed by atoms with Crippen LogP contribution in [0.2, 0.25) is 0 Å². The molecule has 2 fully saturated rings. The quantitative estimate of drug-likeness (QED) is 0.746. The molecule has 0 amide bonds. The minimum Gasteiger partial charge on any atom is -0.466 e. The number of esters is 1. The Kier molecular flexibility index (Phi) is 4.22. The Hall–Kier alpha value is -0.570. The van der Waals surface area contributed by atoms with Gasteiger partial charge in [0.1, 0.15) is 0 Å². The molecule has 0 bridgehead atoms. The summed E-state index contributed by atoms with van der Waals surface area (Å²) in [4.78, 5) is 11.8. The Labute approximate surface area is 97.9 Å². The summed E-state index contributed by atoms with van der Waals surface area (Å²) in [6.07, 6.45) is 8.55. The Morgan fingerprint density at radius 1 is 1.19 bits per heavy atom. The number of hydrogen-bond acceptors (Lipinski definition) is 3. The summed E-state index contributed by atoms with van der Waals surface area (Å²) >= 11 is 0. The highest BCUT2D eigenvalue weighted by Crippen LogP contribution is 2.29. The molecule has 3 heteroatoms. The van der Waals surface area contributed by atoms with Crippen LogP contribution in [-0.2, 0) is 9.53 Å². The van der Waals surface area contributed by atoms with E-state index in [1.54, 1.807) is 0 Å². The largest absolute Gasteiger partial charge is 0.466 e. The summed E-state index contributed by atoms with van der Waals surface area (Å²) in [5, 5.41) is 3.67. The lowest BCUT2D eigenvalue weighted by Gasteiger charge is -2.23. The molecule has 0 radical (unpaired) electrons. The third-order valence-electron chi connectivity index (χ3n) is 3.91. The Morgan fingerprint density at radius 3 is 2.62 bits per heavy atom. The van der Waals surface area contributed by atoms with Gasteiger partial charge in [0.25, 0.3) is 0 Å². The molecule has 16 heavy (non-hydrogen) atoms. The molecule has 2 aliphatic rings. The average molecular weight is 225 g/mol. The second-order valence-electron chi connectivity index (χ2n) is 5.04. The lowest BCUT2D eigenvalue weighted by Crippen LogP contribution is -2.42. The number of rotatable bonds is 4. The van der Waals surface area contributed by atoms with Crippen LogP contribution in [-0.4, -0.2) is 24.7 Å². The summed E-state index contributed by atoms with van der Waals surface area (Å²) in [7, 11) is 0. The van der Waals surface area contributed by atoms with Crippen LogP contribution in [0.4, 0.5) is 0 Å². The molecule has 2 saturated carbocycles. The molecule has 0 aromatic rings. The van der Waals surface area contributed by atoms with E-state index in [1.165, 1.54) is 25.7 Å². The Morgan fingerprint density at radius 2 is 1.94 bits per heavy atom. The second kappa shape index (κ2) is 5.67. The van der Waals surface area contributed by atoms with Crippen molar-refractivity contribution in [2.75, 3.05) is 6.61 Å². The zero-order chi connectivity index (χ0) is 11.4. The summed E-state index contributed by atoms with van der Waals surface area (Å²) in [5.74, 6) is 0.121. The van der Waals surface area contributed by atoms with Gasteiger partial charge in [0.15, 0.2) is 0 Å². The van der Waals surface area contributed by atoms with Gasteiger partial charge in [-0.25, -0.2) is 0 Å². The van der Waals surface area contributed by atoms with E-state index in [-0.39, 0.29) is 11.9 Å². The number of nitrogens with one attached hydrogen (secondary N) is 1. The van der Waals surface area contributed by atoms with Gasteiger partial charge in [-0.2, -0.15) is 0 Å². The number of carbonyl (C=O) groups is 1. The summed E-state index contributed by atoms with van der Waals surface area (Å²) in [6.45, 7) is 2.39. The van der Waals surface area contributed by atoms with Gasteiger partial charge in [0.05, 0.1) is 12.5 Å². The molecule has 0 spiro atoms. The van der Waals surface area contributed by atoms with Crippen molar-refractivity contribution in [3.63, 3.8) is 0 Å². The van der Waals surface area contributed by atoms with Gasteiger partial charge >= 0.3 is 5.97 Å². The van der Waals surface area contributed by atoms with Crippen LogP contribution in [0.5, 0.6) is 0 Å². The Balaban J connectivity index is 1.84. The van der Waals surface area contributed by atoms with E-state index < -0.39 is 0 Å². The normalized spacial score (nSPS) is 30.8. The van der Waals surface area contributed by atoms with Gasteiger partial charge in [0, 0.05) is 12.1 Å². The fourth-order valence-electron chi connectivity index (χ4n) is 3.09. The zero-order valence-corrected chi connectivity index (χ0v) is 10.2. The molecule has 0 aromatic carbocycles. The highest BCUT2D eigenvalue weighted by molar-refractivity contribution is 5.73. The Bertz CT molecular complexity index is 236. The molecule has 92 valence electrons. The third kappa shape index (κ3) is 2.76. The van der Waals surface area contributed by atoms with Crippen LogP contribution in [0.25, 0.3) is 0 Å². The van der Waals surface area contributed by atoms with Gasteiger partial charge in [-0.3, -0.25) is 4.79 Å². The second-order valence-corrected chi connectivity index (χ2v) is 5.04. The molecule has 2 atom stereocenters. The van der Waals surface area contributed by atoms with Gasteiger partial charge in [0.2, 0.25) is 0 Å². The predicted octanol–water partition coefficient (Wildman–Crippen LogP) is 2.25. The van der Waals surface area contributed by atoms with E-state index >= 15 is 0 Å². The first kappa shape index (κ1) is 11.9. The molecule has 1 N–H and O–H groups in total. The number of hydrogen-bond donors (Lipinski definition) is 1. The van der Waals surface area contributed by atoms with Gasteiger partial charge in [-0.1, -0.05) is 19.3 Å². The van der Waals surface area contributed by atoms with E-state index in [0.717, 1.165) is 19.3 Å². The minimum absolute atomic E-state index is 0.00972. The van der Waals surface area contributed by atoms with E-state index in [2.05, 4.69) is 5.32 Å². The molecule has 2 aliphatic carbocycles. The van der Waals surface area contributed by atoms with Crippen LogP contribution in [0.3, 0.4) is 0 Å². The van der Waals surface area contributed by atoms with Crippen LogP contribution in [0, 0.1) is 5.92 Å². The third-order valence-corrected chi connectivity index (χ3v) is 3.91. The fraction of sp³-hybridized carbons (Fsp3) is 0.923. The maximum atomic E-state index is 11.8. The smallest absolute Gasteiger partial charge is 0.310 e. The molecule has 0 unspecified atom stereocenters. The van der Waals surface area contributed by atoms with Gasteiger partial charge < -0.3 is 10.1 Å². The van der Waals surface area contributed by atoms with Crippen molar-refractivity contribution in [3.8, 4) is 0 Å². The summed E-state index contributed by atoms with van der Waals surface area (Å²) in [6, 6.07) is 1.03. The maximum Gasteiger partial charge on any atom is 0.310 e. The van der Waals surface area contributed by atoms with E-state index in [0.29, 0.717) is 18.7 Å². The molecule has 0 aromatic heterocycles. The van der Waals surface area contributed by atoms with Crippen molar-refractivity contribution < 1.29 is 9.53 Å². The van der Waals surface area contributed by atoms with Crippen molar-refractivity contribution in [1.29, 1.82) is 0 Å². The predicted molar refractivity (Wildman–Crippen MR) is 63.2 cm³/mol. The van der Waals surface area contributed by atoms with Crippen LogP contribution in [0.1, 0.15) is 51.9 Å². The highest BCUT2D eigenvalue weighted by atomic mass is 16.5. The summed E-state index contributed by atoms with van der Waals surface area (Å²) < 4.78 is 5.14. The van der Waals surface area contributed by atoms with Crippen LogP contribution in [0.15, 0.2) is 0 Å². The fourth-order valence-corrected chi connectivity index (χ4v) is 3.09. The monoisotopic (exact) mass is 225 g/mol. The van der Waals surface area contributed by atoms with Crippen molar-refractivity contribution in [2.24, 2.45) is 5.92 Å². The van der Waals surface area contributed by atoms with Crippen molar-refractivity contribution in [1.82, 2.24) is 5.32 Å². The van der Waals surface area contributed by atoms with E-state index in [4.69, 9.17) is 4.74 Å². The van der Waals surface area contributed by atoms with E-state index in [1.807, 2.05) is 6.92 Å². The maximum absolute atomic E-state index is 11.8. The van der Waals surface area contributed by atoms with Crippen molar-refractivity contribution in [3.05, 3.63) is 0 Å². The SMILES string of the molecule is CCOC(=O)[C@@H]1CCC[C@@H]1NC1CCCC1. The van der Waals surface area contributed by atoms with Crippen molar-refractivity contribution in [2.45, 2.75) is 64.0 Å². The lowest BCUT2D eigenvalue weighted by atomic mass is 10.0. The number of carbonyl (C=O) groups excluding carboxylic acids is 1. The van der Waals surface area contributed by atoms with Gasteiger partial charge in [-0.05, 0) is 32.6 Å². The molecular formula is C13H23NO2. The van der Waals surface area contributed by atoms with Crippen LogP contribution >= 0.6 is 0 Å². The average Bonchev–Trinajstić information content (AvgIpc) is 2.90. The molecule has 0 heterocycles. The molecule has 2 rings (SSSR count). The zero-order valence-electron chi connectivity index (χ0n) is 10.2. The lowest BCUT2D eigenvalue weighted by molar-refractivity contribution is -0.148. The molecular weight excluding hydrogens is 202 g/mol. The van der Waals surface area contributed by atoms with E-state index in [9.17, 15) is 4.79 Å². The molecule has 0 saturated heterocycles. The first-order valence-corrected chi connectivity index (χ1v) is 6.74. The molecule has 3 nitrogen and oxygen atoms in total. The van der Waals surface area contributed by atoms with Crippen molar-refractivity contribution >= 4 is 5.97 Å².